The first-order chi connectivity index (χ1) is 16.6. The number of nitrogens with zero attached hydrogens (tertiary/aromatic N) is 5. The summed E-state index contributed by atoms with van der Waals surface area (Å²) >= 11 is 0. The Morgan fingerprint density at radius 3 is 2.62 bits per heavy atom. The third-order valence-electron chi connectivity index (χ3n) is 6.29. The van der Waals surface area contributed by atoms with Crippen LogP contribution in [0.1, 0.15) is 42.0 Å². The number of aryl methyl sites for hydroxylation is 1. The van der Waals surface area contributed by atoms with Crippen LogP contribution in [0.5, 0.6) is 11.5 Å². The van der Waals surface area contributed by atoms with Crippen LogP contribution < -0.4 is 19.7 Å². The highest BCUT2D eigenvalue weighted by Crippen LogP contribution is 2.42. The third kappa shape index (κ3) is 3.92. The molecule has 1 amide bonds. The van der Waals surface area contributed by atoms with Crippen molar-refractivity contribution in [3.63, 3.8) is 0 Å². The summed E-state index contributed by atoms with van der Waals surface area (Å²) in [6, 6.07) is 9.49. The Balaban J connectivity index is 1.51. The molecule has 1 atom stereocenters. The molecule has 4 heterocycles. The van der Waals surface area contributed by atoms with Gasteiger partial charge in [0.25, 0.3) is 0 Å². The van der Waals surface area contributed by atoms with E-state index < -0.39 is 0 Å². The number of amides is 1. The van der Waals surface area contributed by atoms with Gasteiger partial charge in [-0.15, -0.1) is 16.6 Å². The fourth-order valence-corrected chi connectivity index (χ4v) is 4.68. The number of hydrogen-bond acceptors (Lipinski definition) is 7. The van der Waals surface area contributed by atoms with Crippen molar-refractivity contribution in [2.45, 2.75) is 32.1 Å². The predicted molar refractivity (Wildman–Crippen MR) is 128 cm³/mol. The molecule has 0 aliphatic carbocycles. The maximum Gasteiger partial charge on any atom is 0.226 e. The van der Waals surface area contributed by atoms with Gasteiger partial charge in [0.1, 0.15) is 12.4 Å². The van der Waals surface area contributed by atoms with Crippen LogP contribution in [0.25, 0.3) is 5.82 Å². The third-order valence-corrected chi connectivity index (χ3v) is 6.29. The average Bonchev–Trinajstić information content (AvgIpc) is 3.51. The molecule has 2 aliphatic heterocycles. The summed E-state index contributed by atoms with van der Waals surface area (Å²) in [7, 11) is 1.58. The van der Waals surface area contributed by atoms with Gasteiger partial charge in [-0.3, -0.25) is 4.79 Å². The van der Waals surface area contributed by atoms with E-state index in [4.69, 9.17) is 21.0 Å². The monoisotopic (exact) mass is 458 g/mol. The van der Waals surface area contributed by atoms with E-state index in [9.17, 15) is 4.79 Å². The van der Waals surface area contributed by atoms with Crippen molar-refractivity contribution in [1.82, 2.24) is 20.0 Å². The second-order valence-electron chi connectivity index (χ2n) is 8.41. The van der Waals surface area contributed by atoms with Crippen molar-refractivity contribution in [2.24, 2.45) is 0 Å². The van der Waals surface area contributed by atoms with Crippen LogP contribution in [0.4, 0.5) is 11.6 Å². The van der Waals surface area contributed by atoms with Gasteiger partial charge in [-0.2, -0.15) is 9.78 Å². The number of aromatic nitrogens is 4. The molecule has 9 heteroatoms. The number of methoxy groups -OCH3 is 1. The van der Waals surface area contributed by atoms with Gasteiger partial charge in [0.05, 0.1) is 12.8 Å². The highest BCUT2D eigenvalue weighted by atomic mass is 16.5. The molecule has 34 heavy (non-hydrogen) atoms. The standard InChI is InChI=1S/C25H26N6O3/c1-4-13-34-19-8-7-17(14-20(19)33-3)18-15-23(32)26-25-24(18)16(2)29-31(25)22-10-9-21(27-28-22)30-11-5-6-12-30/h1,7-10,14,18H,5-6,11-13,15H2,2-3H3,(H,26,32). The first kappa shape index (κ1) is 21.8. The normalized spacial score (nSPS) is 17.1. The molecular weight excluding hydrogens is 432 g/mol. The quantitative estimate of drug-likeness (QED) is 0.568. The van der Waals surface area contributed by atoms with Crippen LogP contribution in [0.15, 0.2) is 30.3 Å². The van der Waals surface area contributed by atoms with Gasteiger partial charge in [-0.1, -0.05) is 12.0 Å². The average molecular weight is 459 g/mol. The number of ether oxygens (including phenoxy) is 2. The summed E-state index contributed by atoms with van der Waals surface area (Å²) < 4.78 is 12.7. The Bertz CT molecular complexity index is 1250. The highest BCUT2D eigenvalue weighted by molar-refractivity contribution is 5.95. The number of hydrogen-bond donors (Lipinski definition) is 1. The summed E-state index contributed by atoms with van der Waals surface area (Å²) in [4.78, 5) is 14.9. The predicted octanol–water partition coefficient (Wildman–Crippen LogP) is 3.07. The van der Waals surface area contributed by atoms with Crippen molar-refractivity contribution in [1.29, 1.82) is 0 Å². The molecular formula is C25H26N6O3. The van der Waals surface area contributed by atoms with E-state index in [2.05, 4.69) is 26.3 Å². The molecule has 0 spiro atoms. The van der Waals surface area contributed by atoms with Gasteiger partial charge in [0, 0.05) is 31.0 Å². The van der Waals surface area contributed by atoms with Gasteiger partial charge in [-0.05, 0) is 49.6 Å². The van der Waals surface area contributed by atoms with Crippen molar-refractivity contribution in [3.8, 4) is 29.7 Å². The summed E-state index contributed by atoms with van der Waals surface area (Å²) in [6.45, 7) is 4.08. The molecule has 3 aromatic rings. The number of anilines is 2. The minimum Gasteiger partial charge on any atom is -0.493 e. The van der Waals surface area contributed by atoms with Crippen LogP contribution in [0, 0.1) is 19.3 Å². The number of nitrogens with one attached hydrogen (secondary N) is 1. The SMILES string of the molecule is C#CCOc1ccc(C2CC(=O)Nc3c2c(C)nn3-c2ccc(N3CCCC3)nn2)cc1OC. The van der Waals surface area contributed by atoms with E-state index in [1.165, 1.54) is 12.8 Å². The summed E-state index contributed by atoms with van der Waals surface area (Å²) in [5.41, 5.74) is 2.69. The van der Waals surface area contributed by atoms with Gasteiger partial charge in [0.2, 0.25) is 5.91 Å². The van der Waals surface area contributed by atoms with Crippen LogP contribution >= 0.6 is 0 Å². The molecule has 1 aromatic carbocycles. The molecule has 5 rings (SSSR count). The maximum atomic E-state index is 12.7. The molecule has 1 saturated heterocycles. The topological polar surface area (TPSA) is 94.4 Å². The van der Waals surface area contributed by atoms with Crippen LogP contribution in [0.3, 0.4) is 0 Å². The Hall–Kier alpha value is -4.06. The molecule has 1 N–H and O–H groups in total. The fourth-order valence-electron chi connectivity index (χ4n) is 4.68. The second-order valence-corrected chi connectivity index (χ2v) is 8.41. The molecule has 9 nitrogen and oxygen atoms in total. The Kier molecular flexibility index (Phi) is 5.80. The molecule has 0 radical (unpaired) electrons. The lowest BCUT2D eigenvalue weighted by Gasteiger charge is -2.25. The van der Waals surface area contributed by atoms with E-state index in [0.29, 0.717) is 29.6 Å². The molecule has 1 fully saturated rings. The summed E-state index contributed by atoms with van der Waals surface area (Å²) in [6.07, 6.45) is 7.95. The molecule has 2 aromatic heterocycles. The Labute approximate surface area is 198 Å². The zero-order chi connectivity index (χ0) is 23.7. The minimum absolute atomic E-state index is 0.0908. The van der Waals surface area contributed by atoms with Crippen molar-refractivity contribution < 1.29 is 14.3 Å². The van der Waals surface area contributed by atoms with Gasteiger partial charge in [-0.25, -0.2) is 0 Å². The molecule has 1 unspecified atom stereocenters. The first-order valence-electron chi connectivity index (χ1n) is 11.3. The van der Waals surface area contributed by atoms with E-state index in [1.54, 1.807) is 11.8 Å². The number of rotatable bonds is 6. The van der Waals surface area contributed by atoms with E-state index in [1.807, 2.05) is 37.3 Å². The molecule has 0 bridgehead atoms. The van der Waals surface area contributed by atoms with Crippen LogP contribution in [0.2, 0.25) is 0 Å². The van der Waals surface area contributed by atoms with Crippen LogP contribution in [-0.4, -0.2) is 52.7 Å². The molecule has 2 aliphatic rings. The van der Waals surface area contributed by atoms with Crippen molar-refractivity contribution in [2.75, 3.05) is 37.0 Å². The largest absolute Gasteiger partial charge is 0.493 e. The zero-order valence-electron chi connectivity index (χ0n) is 19.2. The van der Waals surface area contributed by atoms with Crippen LogP contribution in [-0.2, 0) is 4.79 Å². The van der Waals surface area contributed by atoms with Gasteiger partial charge < -0.3 is 19.7 Å². The number of carbonyl (C=O) groups is 1. The highest BCUT2D eigenvalue weighted by Gasteiger charge is 2.33. The fraction of sp³-hybridized carbons (Fsp3) is 0.360. The Morgan fingerprint density at radius 1 is 1.15 bits per heavy atom. The second kappa shape index (κ2) is 9.06. The lowest BCUT2D eigenvalue weighted by molar-refractivity contribution is -0.116. The maximum absolute atomic E-state index is 12.7. The van der Waals surface area contributed by atoms with E-state index in [-0.39, 0.29) is 18.4 Å². The zero-order valence-corrected chi connectivity index (χ0v) is 19.2. The van der Waals surface area contributed by atoms with Gasteiger partial charge in [0.15, 0.2) is 23.1 Å². The minimum atomic E-state index is -0.190. The Morgan fingerprint density at radius 2 is 1.91 bits per heavy atom. The lowest BCUT2D eigenvalue weighted by Crippen LogP contribution is -2.25. The van der Waals surface area contributed by atoms with Crippen molar-refractivity contribution in [3.05, 3.63) is 47.2 Å². The smallest absolute Gasteiger partial charge is 0.226 e. The number of carbonyl (C=O) groups excluding carboxylic acids is 1. The van der Waals surface area contributed by atoms with E-state index in [0.717, 1.165) is 35.7 Å². The first-order valence-corrected chi connectivity index (χ1v) is 11.3. The lowest BCUT2D eigenvalue weighted by atomic mass is 9.85. The summed E-state index contributed by atoms with van der Waals surface area (Å²) in [5, 5.41) is 16.5. The number of fused-ring (bicyclic) bond motifs is 1. The molecule has 174 valence electrons. The van der Waals surface area contributed by atoms with Crippen molar-refractivity contribution >= 4 is 17.5 Å². The van der Waals surface area contributed by atoms with E-state index >= 15 is 0 Å². The summed E-state index contributed by atoms with van der Waals surface area (Å²) in [5.74, 6) is 5.34. The number of terminal acetylenes is 1. The van der Waals surface area contributed by atoms with Gasteiger partial charge >= 0.3 is 0 Å². The number of benzene rings is 1. The molecule has 0 saturated carbocycles.